The largest absolute Gasteiger partial charge is 0.361 e. The Morgan fingerprint density at radius 3 is 2.35 bits per heavy atom. The van der Waals surface area contributed by atoms with Gasteiger partial charge in [-0.15, -0.1) is 0 Å². The molecule has 43 heavy (non-hydrogen) atoms. The van der Waals surface area contributed by atoms with E-state index in [0.717, 1.165) is 16.9 Å². The molecule has 0 aliphatic carbocycles. The number of aromatic nitrogens is 1. The number of nitrogens with one attached hydrogen (secondary N) is 1. The summed E-state index contributed by atoms with van der Waals surface area (Å²) in [5, 5.41) is 6.07. The van der Waals surface area contributed by atoms with Gasteiger partial charge in [-0.2, -0.15) is 0 Å². The van der Waals surface area contributed by atoms with Crippen molar-refractivity contribution in [2.75, 3.05) is 5.32 Å². The molecule has 0 saturated heterocycles. The Morgan fingerprint density at radius 2 is 1.47 bits per heavy atom. The van der Waals surface area contributed by atoms with Crippen LogP contribution in [0.15, 0.2) is 134 Å². The molecular formula is C41H34N2. The van der Waals surface area contributed by atoms with Crippen molar-refractivity contribution in [2.24, 2.45) is 0 Å². The van der Waals surface area contributed by atoms with Crippen LogP contribution in [0.4, 0.5) is 5.69 Å². The van der Waals surface area contributed by atoms with Crippen LogP contribution in [0.2, 0.25) is 0 Å². The van der Waals surface area contributed by atoms with Gasteiger partial charge in [0.05, 0.1) is 11.0 Å². The van der Waals surface area contributed by atoms with Gasteiger partial charge < -0.3 is 9.88 Å². The summed E-state index contributed by atoms with van der Waals surface area (Å²) in [4.78, 5) is 0. The molecule has 2 nitrogen and oxygen atoms in total. The van der Waals surface area contributed by atoms with Crippen molar-refractivity contribution in [3.63, 3.8) is 0 Å². The second-order valence-corrected chi connectivity index (χ2v) is 11.4. The van der Waals surface area contributed by atoms with Crippen molar-refractivity contribution in [3.05, 3.63) is 156 Å². The third-order valence-electron chi connectivity index (χ3n) is 8.49. The zero-order chi connectivity index (χ0) is 29.5. The number of benzene rings is 5. The zero-order valence-corrected chi connectivity index (χ0v) is 24.9. The molecule has 0 atom stereocenters. The average Bonchev–Trinajstić information content (AvgIpc) is 3.32. The fourth-order valence-electron chi connectivity index (χ4n) is 6.40. The molecule has 1 N–H and O–H groups in total. The summed E-state index contributed by atoms with van der Waals surface area (Å²) in [6.45, 7) is 10.8. The van der Waals surface area contributed by atoms with E-state index in [1.807, 2.05) is 18.4 Å². The van der Waals surface area contributed by atoms with E-state index >= 15 is 0 Å². The highest BCUT2D eigenvalue weighted by Gasteiger charge is 2.19. The zero-order valence-electron chi connectivity index (χ0n) is 24.9. The molecule has 0 fully saturated rings. The van der Waals surface area contributed by atoms with Crippen LogP contribution in [-0.4, -0.2) is 4.57 Å². The van der Waals surface area contributed by atoms with Crippen LogP contribution in [-0.2, 0) is 0 Å². The summed E-state index contributed by atoms with van der Waals surface area (Å²) < 4.78 is 2.41. The highest BCUT2D eigenvalue weighted by molar-refractivity contribution is 6.12. The van der Waals surface area contributed by atoms with E-state index < -0.39 is 0 Å². The van der Waals surface area contributed by atoms with E-state index in [9.17, 15) is 0 Å². The van der Waals surface area contributed by atoms with Crippen LogP contribution in [0.1, 0.15) is 29.2 Å². The predicted molar refractivity (Wildman–Crippen MR) is 187 cm³/mol. The smallest absolute Gasteiger partial charge is 0.0562 e. The molecule has 2 heteroatoms. The summed E-state index contributed by atoms with van der Waals surface area (Å²) >= 11 is 0. The van der Waals surface area contributed by atoms with Crippen LogP contribution in [0.25, 0.3) is 61.4 Å². The monoisotopic (exact) mass is 554 g/mol. The topological polar surface area (TPSA) is 17.0 Å². The molecule has 1 aliphatic rings. The number of para-hydroxylation sites is 1. The maximum absolute atomic E-state index is 4.30. The van der Waals surface area contributed by atoms with Crippen molar-refractivity contribution in [1.82, 2.24) is 4.57 Å². The molecule has 1 aliphatic heterocycles. The van der Waals surface area contributed by atoms with Crippen molar-refractivity contribution < 1.29 is 0 Å². The molecule has 0 amide bonds. The second kappa shape index (κ2) is 10.8. The molecule has 0 saturated carbocycles. The standard InChI is InChI=1S/C41H34N2/c1-27(2)32-19-13-14-29(4)41(32)35-24-31(22-21-28(35)3)43-39-20-11-10-18-34(39)37-25-36-33-17-9-8-16-30(33)15-7-5-6-12-23-42-38(36)26-40(37)43/h5-26,42H,1H2,2-4H3/b6-5-,15-7-,23-12+. The van der Waals surface area contributed by atoms with Gasteiger partial charge in [0, 0.05) is 33.9 Å². The Balaban J connectivity index is 1.53. The number of fused-ring (bicyclic) bond motifs is 6. The Labute approximate surface area is 253 Å². The fourth-order valence-corrected chi connectivity index (χ4v) is 6.40. The lowest BCUT2D eigenvalue weighted by atomic mass is 9.89. The highest BCUT2D eigenvalue weighted by atomic mass is 15.0. The fraction of sp³-hybridized carbons (Fsp3) is 0.0732. The normalized spacial score (nSPS) is 14.8. The minimum Gasteiger partial charge on any atom is -0.361 e. The van der Waals surface area contributed by atoms with E-state index in [0.29, 0.717) is 0 Å². The van der Waals surface area contributed by atoms with E-state index in [2.05, 4.69) is 153 Å². The maximum Gasteiger partial charge on any atom is 0.0562 e. The number of aryl methyl sites for hydroxylation is 2. The SMILES string of the molecule is C=C(C)c1cccc(C)c1-c1cc(-n2c3ccccc3c3cc4c(cc32)N/C=C/C=C\C=C/c2ccccc2-4)ccc1C. The number of allylic oxidation sites excluding steroid dienone is 5. The number of nitrogens with zero attached hydrogens (tertiary/aromatic N) is 1. The third-order valence-corrected chi connectivity index (χ3v) is 8.49. The lowest BCUT2D eigenvalue weighted by Gasteiger charge is -2.18. The highest BCUT2D eigenvalue weighted by Crippen LogP contribution is 2.42. The summed E-state index contributed by atoms with van der Waals surface area (Å²) in [6, 6.07) is 35.4. The first-order valence-corrected chi connectivity index (χ1v) is 14.8. The van der Waals surface area contributed by atoms with Crippen LogP contribution < -0.4 is 5.32 Å². The number of anilines is 1. The molecule has 5 aromatic carbocycles. The van der Waals surface area contributed by atoms with E-state index in [1.165, 1.54) is 66.3 Å². The van der Waals surface area contributed by atoms with Gasteiger partial charge in [-0.1, -0.05) is 103 Å². The van der Waals surface area contributed by atoms with Crippen LogP contribution >= 0.6 is 0 Å². The Hall–Kier alpha value is -5.34. The lowest BCUT2D eigenvalue weighted by Crippen LogP contribution is -1.99. The summed E-state index contributed by atoms with van der Waals surface area (Å²) in [6.07, 6.45) is 12.4. The summed E-state index contributed by atoms with van der Waals surface area (Å²) in [5.41, 5.74) is 15.4. The van der Waals surface area contributed by atoms with Gasteiger partial charge in [-0.25, -0.2) is 0 Å². The average molecular weight is 555 g/mol. The number of hydrogen-bond acceptors (Lipinski definition) is 1. The molecule has 1 aromatic heterocycles. The van der Waals surface area contributed by atoms with Crippen molar-refractivity contribution in [1.29, 1.82) is 0 Å². The van der Waals surface area contributed by atoms with Gasteiger partial charge >= 0.3 is 0 Å². The first-order chi connectivity index (χ1) is 21.0. The summed E-state index contributed by atoms with van der Waals surface area (Å²) in [7, 11) is 0. The quantitative estimate of drug-likeness (QED) is 0.230. The third kappa shape index (κ3) is 4.62. The van der Waals surface area contributed by atoms with Gasteiger partial charge in [-0.05, 0) is 96.1 Å². The lowest BCUT2D eigenvalue weighted by molar-refractivity contribution is 1.17. The van der Waals surface area contributed by atoms with Gasteiger partial charge in [0.1, 0.15) is 0 Å². The van der Waals surface area contributed by atoms with Crippen molar-refractivity contribution >= 4 is 39.1 Å². The molecule has 0 unspecified atom stereocenters. The molecule has 6 aromatic rings. The van der Waals surface area contributed by atoms with Crippen molar-refractivity contribution in [3.8, 4) is 27.9 Å². The second-order valence-electron chi connectivity index (χ2n) is 11.4. The molecule has 2 heterocycles. The minimum absolute atomic E-state index is 1.07. The van der Waals surface area contributed by atoms with E-state index in [1.54, 1.807) is 0 Å². The Bertz CT molecular complexity index is 2150. The molecule has 7 rings (SSSR count). The Kier molecular flexibility index (Phi) is 6.68. The molecule has 208 valence electrons. The van der Waals surface area contributed by atoms with Crippen LogP contribution in [0.5, 0.6) is 0 Å². The van der Waals surface area contributed by atoms with E-state index in [4.69, 9.17) is 0 Å². The molecule has 0 spiro atoms. The first kappa shape index (κ1) is 26.6. The van der Waals surface area contributed by atoms with Gasteiger partial charge in [0.2, 0.25) is 0 Å². The minimum atomic E-state index is 1.07. The number of rotatable bonds is 3. The summed E-state index contributed by atoms with van der Waals surface area (Å²) in [5.74, 6) is 0. The van der Waals surface area contributed by atoms with Gasteiger partial charge in [-0.3, -0.25) is 0 Å². The Morgan fingerprint density at radius 1 is 0.651 bits per heavy atom. The molecular weight excluding hydrogens is 520 g/mol. The van der Waals surface area contributed by atoms with Crippen LogP contribution in [0.3, 0.4) is 0 Å². The molecule has 0 radical (unpaired) electrons. The first-order valence-electron chi connectivity index (χ1n) is 14.8. The van der Waals surface area contributed by atoms with Gasteiger partial charge in [0.15, 0.2) is 0 Å². The van der Waals surface area contributed by atoms with E-state index in [-0.39, 0.29) is 0 Å². The maximum atomic E-state index is 4.30. The number of hydrogen-bond donors (Lipinski definition) is 1. The molecule has 0 bridgehead atoms. The van der Waals surface area contributed by atoms with Crippen LogP contribution in [0, 0.1) is 13.8 Å². The van der Waals surface area contributed by atoms with Crippen molar-refractivity contribution in [2.45, 2.75) is 20.8 Å². The van der Waals surface area contributed by atoms with Gasteiger partial charge in [0.25, 0.3) is 0 Å². The predicted octanol–water partition coefficient (Wildman–Crippen LogP) is 11.3.